The molecule has 0 radical (unpaired) electrons. The molecule has 0 bridgehead atoms. The van der Waals surface area contributed by atoms with Gasteiger partial charge in [-0.2, -0.15) is 0 Å². The number of aliphatic hydroxyl groups is 1. The van der Waals surface area contributed by atoms with Crippen LogP contribution in [0.3, 0.4) is 0 Å². The van der Waals surface area contributed by atoms with Crippen LogP contribution < -0.4 is 0 Å². The van der Waals surface area contributed by atoms with E-state index in [0.717, 1.165) is 18.2 Å². The minimum Gasteiger partial charge on any atom is -0.388 e. The molecule has 0 aliphatic rings. The predicted octanol–water partition coefficient (Wildman–Crippen LogP) is 3.43. The van der Waals surface area contributed by atoms with E-state index in [0.29, 0.717) is 6.42 Å². The zero-order valence-electron chi connectivity index (χ0n) is 9.22. The third-order valence-electron chi connectivity index (χ3n) is 2.90. The third-order valence-corrected chi connectivity index (χ3v) is 2.90. The maximum Gasteiger partial charge on any atom is 0.129 e. The Bertz CT molecular complexity index is 347. The molecule has 1 atom stereocenters. The highest BCUT2D eigenvalue weighted by Gasteiger charge is 2.29. The van der Waals surface area contributed by atoms with Gasteiger partial charge < -0.3 is 5.11 Å². The molecule has 0 aliphatic heterocycles. The van der Waals surface area contributed by atoms with Crippen molar-refractivity contribution in [3.8, 4) is 0 Å². The number of halogens is 2. The van der Waals surface area contributed by atoms with Crippen LogP contribution in [0.25, 0.3) is 0 Å². The zero-order valence-corrected chi connectivity index (χ0v) is 9.22. The minimum absolute atomic E-state index is 0.0295. The fraction of sp³-hybridized carbons (Fsp3) is 0.500. The van der Waals surface area contributed by atoms with Crippen LogP contribution in [-0.4, -0.2) is 5.11 Å². The highest BCUT2D eigenvalue weighted by molar-refractivity contribution is 5.22. The topological polar surface area (TPSA) is 20.2 Å². The molecule has 1 N–H and O–H groups in total. The van der Waals surface area contributed by atoms with Gasteiger partial charge in [0.2, 0.25) is 0 Å². The van der Waals surface area contributed by atoms with E-state index in [-0.39, 0.29) is 5.56 Å². The highest BCUT2D eigenvalue weighted by atomic mass is 19.1. The van der Waals surface area contributed by atoms with Gasteiger partial charge in [-0.15, -0.1) is 0 Å². The van der Waals surface area contributed by atoms with Crippen LogP contribution >= 0.6 is 0 Å². The summed E-state index contributed by atoms with van der Waals surface area (Å²) < 4.78 is 26.3. The molecular formula is C12H16F2O. The lowest BCUT2D eigenvalue weighted by atomic mass is 9.80. The maximum atomic E-state index is 13.4. The van der Waals surface area contributed by atoms with Gasteiger partial charge in [-0.25, -0.2) is 8.78 Å². The molecule has 0 heterocycles. The van der Waals surface area contributed by atoms with Crippen LogP contribution in [0.4, 0.5) is 8.78 Å². The van der Waals surface area contributed by atoms with Gasteiger partial charge in [-0.05, 0) is 30.0 Å². The van der Waals surface area contributed by atoms with Crippen molar-refractivity contribution in [1.82, 2.24) is 0 Å². The summed E-state index contributed by atoms with van der Waals surface area (Å²) in [6, 6.07) is 3.14. The Morgan fingerprint density at radius 1 is 1.33 bits per heavy atom. The summed E-state index contributed by atoms with van der Waals surface area (Å²) in [7, 11) is 0. The normalized spacial score (nSPS) is 14.0. The fourth-order valence-electron chi connectivity index (χ4n) is 1.34. The summed E-state index contributed by atoms with van der Waals surface area (Å²) in [5, 5.41) is 9.95. The number of hydrogen-bond acceptors (Lipinski definition) is 1. The van der Waals surface area contributed by atoms with Crippen molar-refractivity contribution < 1.29 is 13.9 Å². The standard InChI is InChI=1S/C12H16F2O/c1-4-12(2,3)11(15)9-7-8(13)5-6-10(9)14/h5-7,11,15H,4H2,1-3H3. The largest absolute Gasteiger partial charge is 0.388 e. The molecule has 0 spiro atoms. The van der Waals surface area contributed by atoms with Gasteiger partial charge in [0.05, 0.1) is 6.10 Å². The molecule has 0 saturated carbocycles. The van der Waals surface area contributed by atoms with Crippen molar-refractivity contribution in [3.05, 3.63) is 35.4 Å². The molecule has 84 valence electrons. The van der Waals surface area contributed by atoms with E-state index in [1.807, 2.05) is 20.8 Å². The quantitative estimate of drug-likeness (QED) is 0.817. The van der Waals surface area contributed by atoms with Crippen LogP contribution in [0, 0.1) is 17.0 Å². The van der Waals surface area contributed by atoms with E-state index < -0.39 is 23.2 Å². The minimum atomic E-state index is -0.988. The van der Waals surface area contributed by atoms with Crippen LogP contribution in [0.2, 0.25) is 0 Å². The number of hydrogen-bond donors (Lipinski definition) is 1. The van der Waals surface area contributed by atoms with Crippen molar-refractivity contribution >= 4 is 0 Å². The molecule has 0 aromatic heterocycles. The number of aliphatic hydroxyl groups excluding tert-OH is 1. The Morgan fingerprint density at radius 2 is 1.93 bits per heavy atom. The smallest absolute Gasteiger partial charge is 0.129 e. The Morgan fingerprint density at radius 3 is 2.47 bits per heavy atom. The van der Waals surface area contributed by atoms with E-state index in [1.165, 1.54) is 0 Å². The lowest BCUT2D eigenvalue weighted by Gasteiger charge is -2.29. The Balaban J connectivity index is 3.10. The van der Waals surface area contributed by atoms with Crippen molar-refractivity contribution in [2.75, 3.05) is 0 Å². The molecule has 1 aromatic carbocycles. The summed E-state index contributed by atoms with van der Waals surface area (Å²) in [5.41, 5.74) is -0.434. The average molecular weight is 214 g/mol. The molecule has 1 aromatic rings. The molecule has 0 fully saturated rings. The molecule has 1 rings (SSSR count). The average Bonchev–Trinajstić information content (AvgIpc) is 2.20. The SMILES string of the molecule is CCC(C)(C)C(O)c1cc(F)ccc1F. The molecule has 15 heavy (non-hydrogen) atoms. The summed E-state index contributed by atoms with van der Waals surface area (Å²) in [6.07, 6.45) is -0.303. The van der Waals surface area contributed by atoms with Gasteiger partial charge in [0.15, 0.2) is 0 Å². The molecule has 0 saturated heterocycles. The second-order valence-corrected chi connectivity index (χ2v) is 4.41. The second kappa shape index (κ2) is 4.27. The maximum absolute atomic E-state index is 13.4. The monoisotopic (exact) mass is 214 g/mol. The Labute approximate surface area is 88.7 Å². The van der Waals surface area contributed by atoms with E-state index in [2.05, 4.69) is 0 Å². The lowest BCUT2D eigenvalue weighted by molar-refractivity contribution is 0.0433. The molecule has 1 nitrogen and oxygen atoms in total. The van der Waals surface area contributed by atoms with Gasteiger partial charge in [-0.1, -0.05) is 20.8 Å². The van der Waals surface area contributed by atoms with Gasteiger partial charge in [-0.3, -0.25) is 0 Å². The predicted molar refractivity (Wildman–Crippen MR) is 55.4 cm³/mol. The van der Waals surface area contributed by atoms with E-state index in [4.69, 9.17) is 0 Å². The first-order chi connectivity index (χ1) is 6.88. The summed E-state index contributed by atoms with van der Waals surface area (Å²) in [4.78, 5) is 0. The Kier molecular flexibility index (Phi) is 3.45. The Hall–Kier alpha value is -0.960. The van der Waals surface area contributed by atoms with Crippen LogP contribution in [0.5, 0.6) is 0 Å². The first kappa shape index (κ1) is 12.1. The van der Waals surface area contributed by atoms with Gasteiger partial charge in [0, 0.05) is 5.56 Å². The molecule has 1 unspecified atom stereocenters. The first-order valence-corrected chi connectivity index (χ1v) is 5.01. The van der Waals surface area contributed by atoms with Crippen LogP contribution in [-0.2, 0) is 0 Å². The van der Waals surface area contributed by atoms with Gasteiger partial charge in [0.1, 0.15) is 11.6 Å². The van der Waals surface area contributed by atoms with E-state index in [9.17, 15) is 13.9 Å². The van der Waals surface area contributed by atoms with Crippen LogP contribution in [0.1, 0.15) is 38.9 Å². The van der Waals surface area contributed by atoms with Crippen molar-refractivity contribution in [1.29, 1.82) is 0 Å². The van der Waals surface area contributed by atoms with Crippen molar-refractivity contribution in [2.45, 2.75) is 33.3 Å². The van der Waals surface area contributed by atoms with Crippen LogP contribution in [0.15, 0.2) is 18.2 Å². The van der Waals surface area contributed by atoms with Crippen molar-refractivity contribution in [2.24, 2.45) is 5.41 Å². The number of rotatable bonds is 3. The van der Waals surface area contributed by atoms with E-state index in [1.54, 1.807) is 0 Å². The van der Waals surface area contributed by atoms with Gasteiger partial charge in [0.25, 0.3) is 0 Å². The third kappa shape index (κ3) is 2.53. The summed E-state index contributed by atoms with van der Waals surface area (Å²) in [5.74, 6) is -1.09. The first-order valence-electron chi connectivity index (χ1n) is 5.01. The van der Waals surface area contributed by atoms with Gasteiger partial charge >= 0.3 is 0 Å². The molecule has 3 heteroatoms. The van der Waals surface area contributed by atoms with Crippen molar-refractivity contribution in [3.63, 3.8) is 0 Å². The lowest BCUT2D eigenvalue weighted by Crippen LogP contribution is -2.22. The summed E-state index contributed by atoms with van der Waals surface area (Å²) >= 11 is 0. The zero-order chi connectivity index (χ0) is 11.6. The highest BCUT2D eigenvalue weighted by Crippen LogP contribution is 2.37. The second-order valence-electron chi connectivity index (χ2n) is 4.41. The number of benzene rings is 1. The molecule has 0 amide bonds. The molecule has 0 aliphatic carbocycles. The van der Waals surface area contributed by atoms with E-state index >= 15 is 0 Å². The molecular weight excluding hydrogens is 198 g/mol. The summed E-state index contributed by atoms with van der Waals surface area (Å²) in [6.45, 7) is 5.55. The fourth-order valence-corrected chi connectivity index (χ4v) is 1.34.